The van der Waals surface area contributed by atoms with Crippen LogP contribution in [0.5, 0.6) is 0 Å². The molecule has 0 atom stereocenters. The zero-order chi connectivity index (χ0) is 21.4. The van der Waals surface area contributed by atoms with Gasteiger partial charge in [-0.1, -0.05) is 89.5 Å². The Hall–Kier alpha value is -2.29. The standard InChI is InChI=1S/C27H40N2O/c1-3-5-7-9-11-13-23-15-19-25(20-16-23)28-27(30)29-26-21-17-24(18-22-26)14-12-10-8-6-4-2/h15-22H,3-14H2,1-2H3,(H2,28,29,30). The van der Waals surface area contributed by atoms with Crippen molar-refractivity contribution in [3.63, 3.8) is 0 Å². The van der Waals surface area contributed by atoms with Crippen LogP contribution in [-0.2, 0) is 12.8 Å². The van der Waals surface area contributed by atoms with Gasteiger partial charge in [-0.05, 0) is 61.1 Å². The van der Waals surface area contributed by atoms with Crippen molar-refractivity contribution in [2.75, 3.05) is 10.6 Å². The predicted molar refractivity (Wildman–Crippen MR) is 130 cm³/mol. The van der Waals surface area contributed by atoms with Crippen molar-refractivity contribution in [2.24, 2.45) is 0 Å². The Morgan fingerprint density at radius 1 is 0.567 bits per heavy atom. The maximum Gasteiger partial charge on any atom is 0.323 e. The van der Waals surface area contributed by atoms with Gasteiger partial charge in [-0.2, -0.15) is 0 Å². The van der Waals surface area contributed by atoms with Gasteiger partial charge in [0.05, 0.1) is 0 Å². The summed E-state index contributed by atoms with van der Waals surface area (Å²) in [5.74, 6) is 0. The van der Waals surface area contributed by atoms with Gasteiger partial charge < -0.3 is 10.6 Å². The Morgan fingerprint density at radius 3 is 1.30 bits per heavy atom. The van der Waals surface area contributed by atoms with Gasteiger partial charge in [-0.15, -0.1) is 0 Å². The van der Waals surface area contributed by atoms with E-state index in [1.54, 1.807) is 0 Å². The minimum absolute atomic E-state index is 0.199. The molecule has 2 aromatic carbocycles. The molecule has 0 spiro atoms. The Balaban J connectivity index is 1.69. The molecule has 3 nitrogen and oxygen atoms in total. The molecule has 2 N–H and O–H groups in total. The highest BCUT2D eigenvalue weighted by Crippen LogP contribution is 2.16. The molecule has 0 aliphatic carbocycles. The zero-order valence-corrected chi connectivity index (χ0v) is 19.0. The second-order valence-corrected chi connectivity index (χ2v) is 8.30. The molecular formula is C27H40N2O. The summed E-state index contributed by atoms with van der Waals surface area (Å²) in [7, 11) is 0. The summed E-state index contributed by atoms with van der Waals surface area (Å²) in [6.07, 6.45) is 15.2. The monoisotopic (exact) mass is 408 g/mol. The van der Waals surface area contributed by atoms with E-state index in [-0.39, 0.29) is 6.03 Å². The number of amides is 2. The quantitative estimate of drug-likeness (QED) is 0.303. The van der Waals surface area contributed by atoms with E-state index in [2.05, 4.69) is 48.7 Å². The van der Waals surface area contributed by atoms with E-state index in [4.69, 9.17) is 0 Å². The number of hydrogen-bond acceptors (Lipinski definition) is 1. The van der Waals surface area contributed by atoms with Gasteiger partial charge >= 0.3 is 6.03 Å². The maximum absolute atomic E-state index is 12.3. The Bertz CT molecular complexity index is 645. The maximum atomic E-state index is 12.3. The smallest absolute Gasteiger partial charge is 0.308 e. The highest BCUT2D eigenvalue weighted by molar-refractivity contribution is 5.99. The van der Waals surface area contributed by atoms with E-state index in [0.29, 0.717) is 0 Å². The fourth-order valence-corrected chi connectivity index (χ4v) is 3.67. The topological polar surface area (TPSA) is 41.1 Å². The highest BCUT2D eigenvalue weighted by atomic mass is 16.2. The molecule has 0 heterocycles. The lowest BCUT2D eigenvalue weighted by Crippen LogP contribution is -2.19. The number of urea groups is 1. The first kappa shape index (κ1) is 24.0. The summed E-state index contributed by atoms with van der Waals surface area (Å²) in [5, 5.41) is 5.84. The summed E-state index contributed by atoms with van der Waals surface area (Å²) in [6.45, 7) is 4.49. The number of aryl methyl sites for hydroxylation is 2. The molecule has 0 saturated heterocycles. The van der Waals surface area contributed by atoms with E-state index in [1.807, 2.05) is 24.3 Å². The summed E-state index contributed by atoms with van der Waals surface area (Å²) >= 11 is 0. The van der Waals surface area contributed by atoms with Gasteiger partial charge in [0.25, 0.3) is 0 Å². The van der Waals surface area contributed by atoms with Crippen LogP contribution in [0.2, 0.25) is 0 Å². The first-order chi connectivity index (χ1) is 14.7. The van der Waals surface area contributed by atoms with Crippen LogP contribution in [0.15, 0.2) is 48.5 Å². The van der Waals surface area contributed by atoms with Crippen LogP contribution in [0, 0.1) is 0 Å². The van der Waals surface area contributed by atoms with Crippen molar-refractivity contribution >= 4 is 17.4 Å². The minimum Gasteiger partial charge on any atom is -0.308 e. The molecular weight excluding hydrogens is 368 g/mol. The Labute approximate surface area is 183 Å². The lowest BCUT2D eigenvalue weighted by atomic mass is 10.1. The van der Waals surface area contributed by atoms with E-state index >= 15 is 0 Å². The lowest BCUT2D eigenvalue weighted by molar-refractivity contribution is 0.262. The van der Waals surface area contributed by atoms with Crippen LogP contribution in [-0.4, -0.2) is 6.03 Å². The van der Waals surface area contributed by atoms with Crippen molar-refractivity contribution < 1.29 is 4.79 Å². The fraction of sp³-hybridized carbons (Fsp3) is 0.519. The van der Waals surface area contributed by atoms with E-state index in [0.717, 1.165) is 24.2 Å². The molecule has 0 radical (unpaired) electrons. The fourth-order valence-electron chi connectivity index (χ4n) is 3.67. The molecule has 3 heteroatoms. The molecule has 30 heavy (non-hydrogen) atoms. The van der Waals surface area contributed by atoms with Crippen LogP contribution < -0.4 is 10.6 Å². The first-order valence-electron chi connectivity index (χ1n) is 12.0. The average molecular weight is 409 g/mol. The second kappa shape index (κ2) is 14.7. The molecule has 164 valence electrons. The van der Waals surface area contributed by atoms with Crippen LogP contribution in [0.25, 0.3) is 0 Å². The SMILES string of the molecule is CCCCCCCc1ccc(NC(=O)Nc2ccc(CCCCCCC)cc2)cc1. The molecule has 0 fully saturated rings. The van der Waals surface area contributed by atoms with Gasteiger partial charge in [-0.3, -0.25) is 0 Å². The third-order valence-corrected chi connectivity index (χ3v) is 5.56. The zero-order valence-electron chi connectivity index (χ0n) is 19.0. The molecule has 0 aliphatic rings. The highest BCUT2D eigenvalue weighted by Gasteiger charge is 2.04. The number of hydrogen-bond donors (Lipinski definition) is 2. The van der Waals surface area contributed by atoms with Crippen molar-refractivity contribution in [3.05, 3.63) is 59.7 Å². The van der Waals surface area contributed by atoms with Crippen molar-refractivity contribution in [2.45, 2.75) is 90.9 Å². The Morgan fingerprint density at radius 2 is 0.933 bits per heavy atom. The Kier molecular flexibility index (Phi) is 11.7. The van der Waals surface area contributed by atoms with Crippen molar-refractivity contribution in [3.8, 4) is 0 Å². The molecule has 0 aromatic heterocycles. The minimum atomic E-state index is -0.199. The van der Waals surface area contributed by atoms with Crippen molar-refractivity contribution in [1.82, 2.24) is 0 Å². The number of anilines is 2. The van der Waals surface area contributed by atoms with Gasteiger partial charge in [-0.25, -0.2) is 4.79 Å². The van der Waals surface area contributed by atoms with Gasteiger partial charge in [0.1, 0.15) is 0 Å². The van der Waals surface area contributed by atoms with Gasteiger partial charge in [0, 0.05) is 11.4 Å². The lowest BCUT2D eigenvalue weighted by Gasteiger charge is -2.09. The third kappa shape index (κ3) is 9.96. The van der Waals surface area contributed by atoms with Crippen LogP contribution >= 0.6 is 0 Å². The molecule has 0 saturated carbocycles. The molecule has 2 aromatic rings. The first-order valence-corrected chi connectivity index (χ1v) is 12.0. The summed E-state index contributed by atoms with van der Waals surface area (Å²) in [5.41, 5.74) is 4.32. The van der Waals surface area contributed by atoms with Gasteiger partial charge in [0.15, 0.2) is 0 Å². The number of carbonyl (C=O) groups is 1. The summed E-state index contributed by atoms with van der Waals surface area (Å²) < 4.78 is 0. The van der Waals surface area contributed by atoms with Crippen molar-refractivity contribution in [1.29, 1.82) is 0 Å². The van der Waals surface area contributed by atoms with E-state index < -0.39 is 0 Å². The number of rotatable bonds is 14. The predicted octanol–water partition coefficient (Wildman–Crippen LogP) is 8.36. The normalized spacial score (nSPS) is 10.7. The summed E-state index contributed by atoms with van der Waals surface area (Å²) in [6, 6.07) is 16.2. The van der Waals surface area contributed by atoms with Gasteiger partial charge in [0.2, 0.25) is 0 Å². The third-order valence-electron chi connectivity index (χ3n) is 5.56. The van der Waals surface area contributed by atoms with Crippen LogP contribution in [0.4, 0.5) is 16.2 Å². The molecule has 0 bridgehead atoms. The van der Waals surface area contributed by atoms with Crippen LogP contribution in [0.3, 0.4) is 0 Å². The molecule has 2 amide bonds. The van der Waals surface area contributed by atoms with Crippen LogP contribution in [0.1, 0.15) is 89.2 Å². The molecule has 2 rings (SSSR count). The average Bonchev–Trinajstić information content (AvgIpc) is 2.76. The second-order valence-electron chi connectivity index (χ2n) is 8.30. The molecule has 0 aliphatic heterocycles. The summed E-state index contributed by atoms with van der Waals surface area (Å²) in [4.78, 5) is 12.3. The molecule has 0 unspecified atom stereocenters. The largest absolute Gasteiger partial charge is 0.323 e. The van der Waals surface area contributed by atoms with E-state index in [9.17, 15) is 4.79 Å². The number of unbranched alkanes of at least 4 members (excludes halogenated alkanes) is 8. The number of carbonyl (C=O) groups excluding carboxylic acids is 1. The van der Waals surface area contributed by atoms with E-state index in [1.165, 1.54) is 75.3 Å². The number of benzene rings is 2. The number of nitrogens with one attached hydrogen (secondary N) is 2.